The fourth-order valence-electron chi connectivity index (χ4n) is 2.66. The van der Waals surface area contributed by atoms with Crippen molar-refractivity contribution in [2.75, 3.05) is 5.73 Å². The van der Waals surface area contributed by atoms with Gasteiger partial charge in [-0.3, -0.25) is 4.68 Å². The lowest BCUT2D eigenvalue weighted by atomic mass is 10.2. The summed E-state index contributed by atoms with van der Waals surface area (Å²) in [5.41, 5.74) is 6.74. The van der Waals surface area contributed by atoms with Crippen molar-refractivity contribution in [3.05, 3.63) is 70.6 Å². The van der Waals surface area contributed by atoms with Crippen LogP contribution in [0.4, 0.5) is 19.0 Å². The second kappa shape index (κ2) is 6.55. The smallest absolute Gasteiger partial charge is 0.186 e. The largest absolute Gasteiger partial charge is 0.383 e. The fourth-order valence-corrected chi connectivity index (χ4v) is 2.89. The maximum Gasteiger partial charge on any atom is 0.186 e. The summed E-state index contributed by atoms with van der Waals surface area (Å²) in [6, 6.07) is 7.70. The van der Waals surface area contributed by atoms with Gasteiger partial charge < -0.3 is 5.73 Å². The summed E-state index contributed by atoms with van der Waals surface area (Å²) in [6.07, 6.45) is 1.57. The number of nitrogens with zero attached hydrogens (tertiary/aromatic N) is 4. The van der Waals surface area contributed by atoms with E-state index in [0.29, 0.717) is 5.39 Å². The van der Waals surface area contributed by atoms with Crippen LogP contribution >= 0.6 is 11.6 Å². The van der Waals surface area contributed by atoms with Crippen molar-refractivity contribution < 1.29 is 13.2 Å². The molecule has 0 aliphatic rings. The van der Waals surface area contributed by atoms with Gasteiger partial charge in [0.1, 0.15) is 11.6 Å². The lowest BCUT2D eigenvalue weighted by Crippen LogP contribution is -2.03. The SMILES string of the molecule is Nc1nc(-c2ccc(F)c(F)c2)nc2nn(Cc3c(F)cccc3Cl)cc12. The number of benzene rings is 2. The zero-order valence-electron chi connectivity index (χ0n) is 13.6. The zero-order chi connectivity index (χ0) is 19.1. The van der Waals surface area contributed by atoms with E-state index in [9.17, 15) is 13.2 Å². The second-order valence-electron chi connectivity index (χ2n) is 5.83. The summed E-state index contributed by atoms with van der Waals surface area (Å²) in [5, 5.41) is 5.00. The highest BCUT2D eigenvalue weighted by molar-refractivity contribution is 6.31. The molecule has 0 amide bonds. The molecular weight excluding hydrogens is 379 g/mol. The summed E-state index contributed by atoms with van der Waals surface area (Å²) in [7, 11) is 0. The average Bonchev–Trinajstić information content (AvgIpc) is 3.04. The van der Waals surface area contributed by atoms with Crippen LogP contribution in [-0.2, 0) is 6.54 Å². The molecule has 2 heterocycles. The molecule has 0 bridgehead atoms. The lowest BCUT2D eigenvalue weighted by Gasteiger charge is -2.05. The number of anilines is 1. The molecule has 0 aliphatic carbocycles. The number of rotatable bonds is 3. The number of aromatic nitrogens is 4. The highest BCUT2D eigenvalue weighted by Gasteiger charge is 2.14. The molecule has 0 fully saturated rings. The van der Waals surface area contributed by atoms with Crippen LogP contribution in [-0.4, -0.2) is 19.7 Å². The van der Waals surface area contributed by atoms with Crippen LogP contribution in [0.1, 0.15) is 5.56 Å². The molecule has 0 radical (unpaired) electrons. The first-order valence-electron chi connectivity index (χ1n) is 7.81. The van der Waals surface area contributed by atoms with Gasteiger partial charge in [0.25, 0.3) is 0 Å². The molecular formula is C18H11ClF3N5. The minimum atomic E-state index is -1.02. The molecule has 2 N–H and O–H groups in total. The van der Waals surface area contributed by atoms with E-state index in [1.165, 1.54) is 22.9 Å². The predicted molar refractivity (Wildman–Crippen MR) is 95.6 cm³/mol. The van der Waals surface area contributed by atoms with Gasteiger partial charge >= 0.3 is 0 Å². The van der Waals surface area contributed by atoms with E-state index < -0.39 is 17.5 Å². The van der Waals surface area contributed by atoms with Crippen molar-refractivity contribution >= 4 is 28.5 Å². The summed E-state index contributed by atoms with van der Waals surface area (Å²) < 4.78 is 42.0. The number of nitrogens with two attached hydrogens (primary N) is 1. The van der Waals surface area contributed by atoms with E-state index in [2.05, 4.69) is 15.1 Å². The van der Waals surface area contributed by atoms with E-state index in [1.807, 2.05) is 0 Å². The van der Waals surface area contributed by atoms with Crippen molar-refractivity contribution in [3.63, 3.8) is 0 Å². The van der Waals surface area contributed by atoms with E-state index in [-0.39, 0.29) is 40.0 Å². The van der Waals surface area contributed by atoms with Gasteiger partial charge in [-0.2, -0.15) is 5.10 Å². The second-order valence-corrected chi connectivity index (χ2v) is 6.23. The Balaban J connectivity index is 1.76. The molecule has 27 heavy (non-hydrogen) atoms. The molecule has 0 aliphatic heterocycles. The Labute approximate surface area is 156 Å². The van der Waals surface area contributed by atoms with Crippen molar-refractivity contribution in [2.24, 2.45) is 0 Å². The first-order valence-corrected chi connectivity index (χ1v) is 8.19. The Bertz CT molecular complexity index is 1160. The highest BCUT2D eigenvalue weighted by atomic mass is 35.5. The van der Waals surface area contributed by atoms with Crippen LogP contribution in [0.25, 0.3) is 22.4 Å². The Morgan fingerprint density at radius 1 is 1.00 bits per heavy atom. The highest BCUT2D eigenvalue weighted by Crippen LogP contribution is 2.25. The lowest BCUT2D eigenvalue weighted by molar-refractivity contribution is 0.509. The summed E-state index contributed by atoms with van der Waals surface area (Å²) in [4.78, 5) is 8.37. The Hall–Kier alpha value is -3.13. The molecule has 2 aromatic heterocycles. The maximum atomic E-state index is 14.0. The van der Waals surface area contributed by atoms with Crippen molar-refractivity contribution in [2.45, 2.75) is 6.54 Å². The van der Waals surface area contributed by atoms with Gasteiger partial charge in [0, 0.05) is 22.3 Å². The molecule has 0 saturated carbocycles. The number of nitrogen functional groups attached to an aromatic ring is 1. The van der Waals surface area contributed by atoms with Crippen LogP contribution in [0.2, 0.25) is 5.02 Å². The topological polar surface area (TPSA) is 69.6 Å². The third-order valence-electron chi connectivity index (χ3n) is 4.02. The fraction of sp³-hybridized carbons (Fsp3) is 0.0556. The minimum Gasteiger partial charge on any atom is -0.383 e. The van der Waals surface area contributed by atoms with Gasteiger partial charge in [-0.1, -0.05) is 17.7 Å². The Kier molecular flexibility index (Phi) is 4.19. The van der Waals surface area contributed by atoms with E-state index in [1.54, 1.807) is 12.3 Å². The molecule has 5 nitrogen and oxygen atoms in total. The standard InChI is InChI=1S/C18H11ClF3N5/c19-12-2-1-3-13(20)10(12)7-27-8-11-16(23)24-17(25-18(11)26-27)9-4-5-14(21)15(22)6-9/h1-6,8H,7H2,(H2,23,24,25,26). The quantitative estimate of drug-likeness (QED) is 0.570. The average molecular weight is 390 g/mol. The number of halogens is 4. The van der Waals surface area contributed by atoms with Gasteiger partial charge in [0.05, 0.1) is 11.9 Å². The molecule has 0 unspecified atom stereocenters. The van der Waals surface area contributed by atoms with Crippen LogP contribution in [0.3, 0.4) is 0 Å². The summed E-state index contributed by atoms with van der Waals surface area (Å²) in [5.74, 6) is -2.23. The number of fused-ring (bicyclic) bond motifs is 1. The van der Waals surface area contributed by atoms with Crippen LogP contribution in [0.15, 0.2) is 42.6 Å². The molecule has 9 heteroatoms. The van der Waals surface area contributed by atoms with E-state index >= 15 is 0 Å². The third-order valence-corrected chi connectivity index (χ3v) is 4.37. The van der Waals surface area contributed by atoms with Crippen LogP contribution in [0, 0.1) is 17.5 Å². The van der Waals surface area contributed by atoms with Gasteiger partial charge in [-0.15, -0.1) is 0 Å². The van der Waals surface area contributed by atoms with Gasteiger partial charge in [-0.25, -0.2) is 23.1 Å². The first-order chi connectivity index (χ1) is 12.9. The number of hydrogen-bond donors (Lipinski definition) is 1. The van der Waals surface area contributed by atoms with Crippen molar-refractivity contribution in [1.29, 1.82) is 0 Å². The van der Waals surface area contributed by atoms with Crippen molar-refractivity contribution in [3.8, 4) is 11.4 Å². The predicted octanol–water partition coefficient (Wildman–Crippen LogP) is 4.19. The first kappa shape index (κ1) is 17.3. The Morgan fingerprint density at radius 2 is 1.81 bits per heavy atom. The molecule has 2 aromatic carbocycles. The third kappa shape index (κ3) is 3.19. The normalized spacial score (nSPS) is 11.3. The van der Waals surface area contributed by atoms with Gasteiger partial charge in [-0.05, 0) is 30.3 Å². The molecule has 0 spiro atoms. The van der Waals surface area contributed by atoms with E-state index in [0.717, 1.165) is 12.1 Å². The van der Waals surface area contributed by atoms with Gasteiger partial charge in [0.15, 0.2) is 23.1 Å². The summed E-state index contributed by atoms with van der Waals surface area (Å²) >= 11 is 6.04. The molecule has 0 atom stereocenters. The maximum absolute atomic E-state index is 14.0. The number of hydrogen-bond acceptors (Lipinski definition) is 4. The monoisotopic (exact) mass is 389 g/mol. The van der Waals surface area contributed by atoms with Crippen LogP contribution in [0.5, 0.6) is 0 Å². The molecule has 0 saturated heterocycles. The molecule has 136 valence electrons. The summed E-state index contributed by atoms with van der Waals surface area (Å²) in [6.45, 7) is 0.0712. The molecule has 4 aromatic rings. The molecule has 4 rings (SSSR count). The minimum absolute atomic E-state index is 0.0712. The van der Waals surface area contributed by atoms with Crippen LogP contribution < -0.4 is 5.73 Å². The zero-order valence-corrected chi connectivity index (χ0v) is 14.4. The van der Waals surface area contributed by atoms with Gasteiger partial charge in [0.2, 0.25) is 0 Å². The van der Waals surface area contributed by atoms with E-state index in [4.69, 9.17) is 17.3 Å². The Morgan fingerprint density at radius 3 is 2.56 bits per heavy atom. The van der Waals surface area contributed by atoms with Crippen molar-refractivity contribution in [1.82, 2.24) is 19.7 Å².